The van der Waals surface area contributed by atoms with Gasteiger partial charge in [0, 0.05) is 50.1 Å². The van der Waals surface area contributed by atoms with E-state index in [4.69, 9.17) is 8.83 Å². The lowest BCUT2D eigenvalue weighted by Gasteiger charge is -2.25. The third kappa shape index (κ3) is 4.67. The van der Waals surface area contributed by atoms with Crippen molar-refractivity contribution in [2.24, 2.45) is 0 Å². The van der Waals surface area contributed by atoms with Gasteiger partial charge in [-0.3, -0.25) is 0 Å². The number of fused-ring (bicyclic) bond motifs is 9. The monoisotopic (exact) mass is 667 g/mol. The number of allylic oxidation sites excluding steroid dienone is 1. The van der Waals surface area contributed by atoms with Crippen molar-refractivity contribution in [3.05, 3.63) is 175 Å². The third-order valence-electron chi connectivity index (χ3n) is 10.3. The molecule has 0 amide bonds. The fourth-order valence-corrected chi connectivity index (χ4v) is 7.92. The van der Waals surface area contributed by atoms with Crippen LogP contribution in [0.3, 0.4) is 0 Å². The first-order valence-corrected chi connectivity index (χ1v) is 17.7. The molecule has 0 N–H and O–H groups in total. The van der Waals surface area contributed by atoms with E-state index in [2.05, 4.69) is 182 Å². The van der Waals surface area contributed by atoms with Gasteiger partial charge in [0.2, 0.25) is 0 Å². The van der Waals surface area contributed by atoms with Crippen LogP contribution in [0.2, 0.25) is 0 Å². The molecule has 0 bridgehead atoms. The second-order valence-corrected chi connectivity index (χ2v) is 13.3. The maximum atomic E-state index is 6.62. The van der Waals surface area contributed by atoms with E-state index in [-0.39, 0.29) is 0 Å². The molecule has 0 saturated heterocycles. The van der Waals surface area contributed by atoms with E-state index in [1.54, 1.807) is 0 Å². The molecular formula is C49H33NO2. The molecule has 0 fully saturated rings. The highest BCUT2D eigenvalue weighted by atomic mass is 16.3. The van der Waals surface area contributed by atoms with Crippen LogP contribution in [0.4, 0.5) is 17.1 Å². The minimum atomic E-state index is 0.852. The highest BCUT2D eigenvalue weighted by molar-refractivity contribution is 6.16. The van der Waals surface area contributed by atoms with Gasteiger partial charge in [-0.05, 0) is 106 Å². The Bertz CT molecular complexity index is 3050. The Kier molecular flexibility index (Phi) is 6.87. The molecule has 52 heavy (non-hydrogen) atoms. The number of anilines is 3. The average Bonchev–Trinajstić information content (AvgIpc) is 3.76. The van der Waals surface area contributed by atoms with Crippen LogP contribution in [0.25, 0.3) is 88.7 Å². The van der Waals surface area contributed by atoms with E-state index in [0.29, 0.717) is 0 Å². The molecule has 3 nitrogen and oxygen atoms in total. The largest absolute Gasteiger partial charge is 0.456 e. The van der Waals surface area contributed by atoms with Gasteiger partial charge in [-0.15, -0.1) is 0 Å². The zero-order valence-electron chi connectivity index (χ0n) is 28.6. The molecule has 8 aromatic carbocycles. The van der Waals surface area contributed by atoms with Crippen molar-refractivity contribution < 1.29 is 8.83 Å². The van der Waals surface area contributed by atoms with Crippen molar-refractivity contribution in [3.63, 3.8) is 0 Å². The molecular weight excluding hydrogens is 635 g/mol. The second kappa shape index (κ2) is 11.9. The van der Waals surface area contributed by atoms with E-state index in [1.165, 1.54) is 21.7 Å². The quantitative estimate of drug-likeness (QED) is 0.177. The molecule has 0 atom stereocenters. The van der Waals surface area contributed by atoms with E-state index in [9.17, 15) is 0 Å². The Hall–Kier alpha value is -6.84. The lowest BCUT2D eigenvalue weighted by atomic mass is 9.93. The lowest BCUT2D eigenvalue weighted by molar-refractivity contribution is 0.669. The summed E-state index contributed by atoms with van der Waals surface area (Å²) < 4.78 is 13.1. The highest BCUT2D eigenvalue weighted by Crippen LogP contribution is 2.44. The van der Waals surface area contributed by atoms with E-state index in [0.717, 1.165) is 83.0 Å². The van der Waals surface area contributed by atoms with Crippen molar-refractivity contribution >= 4 is 94.6 Å². The molecule has 0 unspecified atom stereocenters. The molecule has 2 heterocycles. The number of hydrogen-bond donors (Lipinski definition) is 0. The summed E-state index contributed by atoms with van der Waals surface area (Å²) in [5.41, 5.74) is 11.2. The van der Waals surface area contributed by atoms with Crippen molar-refractivity contribution in [3.8, 4) is 11.1 Å². The van der Waals surface area contributed by atoms with Crippen LogP contribution in [0.15, 0.2) is 173 Å². The molecule has 0 saturated carbocycles. The highest BCUT2D eigenvalue weighted by Gasteiger charge is 2.19. The van der Waals surface area contributed by atoms with Crippen molar-refractivity contribution in [1.29, 1.82) is 0 Å². The van der Waals surface area contributed by atoms with Crippen LogP contribution in [0, 0.1) is 0 Å². The number of hydrogen-bond acceptors (Lipinski definition) is 3. The van der Waals surface area contributed by atoms with E-state index >= 15 is 0 Å². The van der Waals surface area contributed by atoms with Gasteiger partial charge in [0.1, 0.15) is 22.3 Å². The minimum absolute atomic E-state index is 0.852. The topological polar surface area (TPSA) is 29.5 Å². The van der Waals surface area contributed by atoms with Gasteiger partial charge in [0.05, 0.1) is 0 Å². The minimum Gasteiger partial charge on any atom is -0.456 e. The van der Waals surface area contributed by atoms with Crippen LogP contribution in [0.1, 0.15) is 18.1 Å². The van der Waals surface area contributed by atoms with Crippen molar-refractivity contribution in [2.75, 3.05) is 4.90 Å². The average molecular weight is 668 g/mol. The van der Waals surface area contributed by atoms with Gasteiger partial charge in [-0.2, -0.15) is 0 Å². The van der Waals surface area contributed by atoms with Gasteiger partial charge < -0.3 is 13.7 Å². The van der Waals surface area contributed by atoms with E-state index < -0.39 is 0 Å². The SMILES string of the molecule is C=Cc1ccc2cc(-c3cccc4oc5ccc(N(c6ccccc6)c6ccc7c(c6)oc6c8ccccc8ccc76)cc5c34)ccc2c1/C=C\C. The number of benzene rings is 8. The van der Waals surface area contributed by atoms with Crippen LogP contribution >= 0.6 is 0 Å². The predicted molar refractivity (Wildman–Crippen MR) is 221 cm³/mol. The summed E-state index contributed by atoms with van der Waals surface area (Å²) in [7, 11) is 0. The molecule has 0 spiro atoms. The molecule has 10 rings (SSSR count). The predicted octanol–water partition coefficient (Wildman–Crippen LogP) is 14.6. The number of furan rings is 2. The molecule has 0 radical (unpaired) electrons. The Balaban J connectivity index is 1.15. The number of para-hydroxylation sites is 1. The Morgan fingerprint density at radius 3 is 2.19 bits per heavy atom. The van der Waals surface area contributed by atoms with Crippen LogP contribution in [0.5, 0.6) is 0 Å². The van der Waals surface area contributed by atoms with Crippen LogP contribution in [-0.4, -0.2) is 0 Å². The molecule has 2 aromatic heterocycles. The molecule has 3 heteroatoms. The molecule has 10 aromatic rings. The summed E-state index contributed by atoms with van der Waals surface area (Å²) in [6.07, 6.45) is 6.17. The molecule has 0 aliphatic rings. The van der Waals surface area contributed by atoms with Gasteiger partial charge in [0.25, 0.3) is 0 Å². The van der Waals surface area contributed by atoms with Gasteiger partial charge >= 0.3 is 0 Å². The van der Waals surface area contributed by atoms with Crippen molar-refractivity contribution in [1.82, 2.24) is 0 Å². The summed E-state index contributed by atoms with van der Waals surface area (Å²) in [5.74, 6) is 0. The Morgan fingerprint density at radius 1 is 0.519 bits per heavy atom. The first-order valence-electron chi connectivity index (χ1n) is 17.7. The molecule has 246 valence electrons. The van der Waals surface area contributed by atoms with Crippen molar-refractivity contribution in [2.45, 2.75) is 6.92 Å². The zero-order chi connectivity index (χ0) is 34.8. The summed E-state index contributed by atoms with van der Waals surface area (Å²) >= 11 is 0. The summed E-state index contributed by atoms with van der Waals surface area (Å²) in [5, 5.41) is 9.08. The van der Waals surface area contributed by atoms with Crippen LogP contribution < -0.4 is 4.90 Å². The van der Waals surface area contributed by atoms with Gasteiger partial charge in [-0.1, -0.05) is 110 Å². The smallest absolute Gasteiger partial charge is 0.143 e. The summed E-state index contributed by atoms with van der Waals surface area (Å²) in [6.45, 7) is 6.09. The summed E-state index contributed by atoms with van der Waals surface area (Å²) in [4.78, 5) is 2.29. The molecule has 0 aliphatic heterocycles. The normalized spacial score (nSPS) is 11.9. The van der Waals surface area contributed by atoms with Gasteiger partial charge in [0.15, 0.2) is 0 Å². The third-order valence-corrected chi connectivity index (χ3v) is 10.3. The number of nitrogens with zero attached hydrogens (tertiary/aromatic N) is 1. The fourth-order valence-electron chi connectivity index (χ4n) is 7.92. The van der Waals surface area contributed by atoms with Crippen LogP contribution in [-0.2, 0) is 0 Å². The first kappa shape index (κ1) is 30.0. The fraction of sp³-hybridized carbons (Fsp3) is 0.0204. The molecule has 0 aliphatic carbocycles. The number of rotatable bonds is 6. The standard InChI is InChI=1S/C49H33NO2/c1-3-11-38-31(4-2)18-19-33-28-34(21-24-39(33)38)40-16-10-17-46-48(40)44-29-36(23-27-45(44)51-46)50(35-13-6-5-7-14-35)37-22-26-42-43-25-20-32-12-8-9-15-41(32)49(43)52-47(42)30-37/h3-30H,2H2,1H3/b11-3-. The lowest BCUT2D eigenvalue weighted by Crippen LogP contribution is -2.09. The maximum absolute atomic E-state index is 6.62. The Morgan fingerprint density at radius 2 is 1.31 bits per heavy atom. The first-order chi connectivity index (χ1) is 25.7. The van der Waals surface area contributed by atoms with E-state index in [1.807, 2.05) is 6.08 Å². The summed E-state index contributed by atoms with van der Waals surface area (Å²) in [6, 6.07) is 53.7. The Labute approximate surface area is 300 Å². The maximum Gasteiger partial charge on any atom is 0.143 e. The van der Waals surface area contributed by atoms with Gasteiger partial charge in [-0.25, -0.2) is 0 Å². The second-order valence-electron chi connectivity index (χ2n) is 13.3. The zero-order valence-corrected chi connectivity index (χ0v) is 28.6.